The van der Waals surface area contributed by atoms with Crippen molar-refractivity contribution in [3.63, 3.8) is 0 Å². The van der Waals surface area contributed by atoms with Crippen molar-refractivity contribution in [3.05, 3.63) is 69.5 Å². The van der Waals surface area contributed by atoms with Gasteiger partial charge in [0.2, 0.25) is 16.8 Å². The van der Waals surface area contributed by atoms with Gasteiger partial charge < -0.3 is 0 Å². The quantitative estimate of drug-likeness (QED) is 0.477. The molecule has 0 aliphatic heterocycles. The van der Waals surface area contributed by atoms with Gasteiger partial charge in [-0.15, -0.1) is 16.4 Å². The van der Waals surface area contributed by atoms with Crippen molar-refractivity contribution in [3.8, 4) is 11.3 Å². The minimum absolute atomic E-state index is 0.128. The average molecular weight is 417 g/mol. The van der Waals surface area contributed by atoms with E-state index in [-0.39, 0.29) is 5.91 Å². The Morgan fingerprint density at radius 2 is 1.70 bits per heavy atom. The van der Waals surface area contributed by atoms with Crippen LogP contribution in [0.5, 0.6) is 0 Å². The van der Waals surface area contributed by atoms with Crippen LogP contribution in [0.1, 0.15) is 12.0 Å². The zero-order valence-corrected chi connectivity index (χ0v) is 16.4. The predicted octanol–water partition coefficient (Wildman–Crippen LogP) is 5.34. The van der Waals surface area contributed by atoms with Gasteiger partial charge in [0.1, 0.15) is 0 Å². The van der Waals surface area contributed by atoms with Gasteiger partial charge in [-0.2, -0.15) is 4.98 Å². The summed E-state index contributed by atoms with van der Waals surface area (Å²) in [5, 5.41) is 10.5. The molecule has 0 unspecified atom stereocenters. The molecular weight excluding hydrogens is 403 g/mol. The second-order valence-corrected chi connectivity index (χ2v) is 7.64. The number of hydrogen-bond donors (Lipinski definition) is 1. The second-order valence-electron chi connectivity index (χ2n) is 5.93. The van der Waals surface area contributed by atoms with Crippen LogP contribution in [0.4, 0.5) is 5.95 Å². The van der Waals surface area contributed by atoms with Crippen LogP contribution in [0, 0.1) is 0 Å². The van der Waals surface area contributed by atoms with E-state index in [2.05, 4.69) is 15.4 Å². The lowest BCUT2D eigenvalue weighted by Gasteiger charge is -2.02. The maximum absolute atomic E-state index is 12.2. The van der Waals surface area contributed by atoms with Gasteiger partial charge in [-0.05, 0) is 36.2 Å². The number of aromatic nitrogens is 3. The first-order chi connectivity index (χ1) is 13.1. The highest BCUT2D eigenvalue weighted by Crippen LogP contribution is 2.27. The van der Waals surface area contributed by atoms with E-state index in [1.807, 2.05) is 53.9 Å². The van der Waals surface area contributed by atoms with E-state index in [0.29, 0.717) is 33.8 Å². The maximum atomic E-state index is 12.2. The molecule has 0 bridgehead atoms. The number of nitrogens with one attached hydrogen (secondary N) is 1. The van der Waals surface area contributed by atoms with E-state index < -0.39 is 0 Å². The molecule has 0 atom stereocenters. The summed E-state index contributed by atoms with van der Waals surface area (Å²) in [6, 6.07) is 15.0. The first-order valence-electron chi connectivity index (χ1n) is 8.23. The summed E-state index contributed by atoms with van der Waals surface area (Å²) in [5.74, 6) is 0.175. The minimum atomic E-state index is -0.128. The molecule has 0 saturated heterocycles. The van der Waals surface area contributed by atoms with Gasteiger partial charge in [-0.3, -0.25) is 10.1 Å². The molecule has 2 aromatic heterocycles. The summed E-state index contributed by atoms with van der Waals surface area (Å²) in [5.41, 5.74) is 2.94. The summed E-state index contributed by atoms with van der Waals surface area (Å²) in [6.07, 6.45) is 0.972. The normalized spacial score (nSPS) is 11.0. The molecule has 0 aliphatic rings. The molecule has 27 heavy (non-hydrogen) atoms. The largest absolute Gasteiger partial charge is 0.293 e. The van der Waals surface area contributed by atoms with Crippen LogP contribution in [0.3, 0.4) is 0 Å². The SMILES string of the molecule is O=C(CCc1ccc(Cl)cc1)Nc1nc2scc(-c3ccc(Cl)cc3)n2n1. The third-order valence-electron chi connectivity index (χ3n) is 4.03. The molecule has 136 valence electrons. The van der Waals surface area contributed by atoms with Crippen LogP contribution >= 0.6 is 34.5 Å². The van der Waals surface area contributed by atoms with Crippen molar-refractivity contribution in [1.29, 1.82) is 0 Å². The molecular formula is C19H14Cl2N4OS. The Morgan fingerprint density at radius 1 is 1.04 bits per heavy atom. The number of fused-ring (bicyclic) bond motifs is 1. The Bertz CT molecular complexity index is 1090. The molecule has 2 heterocycles. The molecule has 0 saturated carbocycles. The summed E-state index contributed by atoms with van der Waals surface area (Å²) < 4.78 is 1.72. The fourth-order valence-corrected chi connectivity index (χ4v) is 3.73. The molecule has 2 aromatic carbocycles. The van der Waals surface area contributed by atoms with Crippen LogP contribution in [0.15, 0.2) is 53.9 Å². The number of anilines is 1. The third-order valence-corrected chi connectivity index (χ3v) is 5.35. The highest BCUT2D eigenvalue weighted by atomic mass is 35.5. The number of thiazole rings is 1. The first kappa shape index (κ1) is 18.0. The molecule has 1 amide bonds. The van der Waals surface area contributed by atoms with Crippen LogP contribution in [-0.2, 0) is 11.2 Å². The molecule has 0 aliphatic carbocycles. The van der Waals surface area contributed by atoms with E-state index in [1.165, 1.54) is 11.3 Å². The van der Waals surface area contributed by atoms with Gasteiger partial charge in [0, 0.05) is 27.4 Å². The number of benzene rings is 2. The predicted molar refractivity (Wildman–Crippen MR) is 110 cm³/mol. The van der Waals surface area contributed by atoms with Gasteiger partial charge in [0.15, 0.2) is 0 Å². The lowest BCUT2D eigenvalue weighted by molar-refractivity contribution is -0.116. The molecule has 4 rings (SSSR count). The summed E-state index contributed by atoms with van der Waals surface area (Å²) in [7, 11) is 0. The van der Waals surface area contributed by atoms with E-state index in [9.17, 15) is 4.79 Å². The van der Waals surface area contributed by atoms with E-state index >= 15 is 0 Å². The Balaban J connectivity index is 1.45. The van der Waals surface area contributed by atoms with Crippen LogP contribution < -0.4 is 5.32 Å². The van der Waals surface area contributed by atoms with Gasteiger partial charge in [0.05, 0.1) is 5.69 Å². The van der Waals surface area contributed by atoms with E-state index in [0.717, 1.165) is 16.8 Å². The second kappa shape index (κ2) is 7.68. The van der Waals surface area contributed by atoms with E-state index in [4.69, 9.17) is 23.2 Å². The van der Waals surface area contributed by atoms with Crippen molar-refractivity contribution in [2.24, 2.45) is 0 Å². The Morgan fingerprint density at radius 3 is 2.41 bits per heavy atom. The topological polar surface area (TPSA) is 59.3 Å². The molecule has 5 nitrogen and oxygen atoms in total. The monoisotopic (exact) mass is 416 g/mol. The molecule has 0 spiro atoms. The number of carbonyl (C=O) groups excluding carboxylic acids is 1. The Labute approximate surface area is 169 Å². The molecule has 0 fully saturated rings. The van der Waals surface area contributed by atoms with Crippen molar-refractivity contribution < 1.29 is 4.79 Å². The number of halogens is 2. The minimum Gasteiger partial charge on any atom is -0.293 e. The fourth-order valence-electron chi connectivity index (χ4n) is 2.65. The summed E-state index contributed by atoms with van der Waals surface area (Å²) in [6.45, 7) is 0. The zero-order valence-electron chi connectivity index (χ0n) is 14.0. The Kier molecular flexibility index (Phi) is 5.11. The van der Waals surface area contributed by atoms with Gasteiger partial charge in [0.25, 0.3) is 0 Å². The smallest absolute Gasteiger partial charge is 0.250 e. The number of nitrogens with zero attached hydrogens (tertiary/aromatic N) is 3. The molecule has 4 aromatic rings. The summed E-state index contributed by atoms with van der Waals surface area (Å²) >= 11 is 13.3. The molecule has 0 radical (unpaired) electrons. The number of amides is 1. The average Bonchev–Trinajstić information content (AvgIpc) is 3.22. The van der Waals surface area contributed by atoms with Crippen molar-refractivity contribution in [2.45, 2.75) is 12.8 Å². The number of rotatable bonds is 5. The van der Waals surface area contributed by atoms with Gasteiger partial charge in [-0.25, -0.2) is 4.52 Å². The third kappa shape index (κ3) is 4.13. The lowest BCUT2D eigenvalue weighted by atomic mass is 10.1. The number of aryl methyl sites for hydroxylation is 1. The van der Waals surface area contributed by atoms with Crippen LogP contribution in [0.25, 0.3) is 16.2 Å². The number of hydrogen-bond acceptors (Lipinski definition) is 4. The molecule has 1 N–H and O–H groups in total. The maximum Gasteiger partial charge on any atom is 0.250 e. The fraction of sp³-hybridized carbons (Fsp3) is 0.105. The van der Waals surface area contributed by atoms with E-state index in [1.54, 1.807) is 4.52 Å². The van der Waals surface area contributed by atoms with Gasteiger partial charge in [-0.1, -0.05) is 47.5 Å². The lowest BCUT2D eigenvalue weighted by Crippen LogP contribution is -2.13. The summed E-state index contributed by atoms with van der Waals surface area (Å²) in [4.78, 5) is 17.3. The highest BCUT2D eigenvalue weighted by Gasteiger charge is 2.13. The Hall–Kier alpha value is -2.41. The van der Waals surface area contributed by atoms with Crippen molar-refractivity contribution in [1.82, 2.24) is 14.6 Å². The van der Waals surface area contributed by atoms with Gasteiger partial charge >= 0.3 is 0 Å². The first-order valence-corrected chi connectivity index (χ1v) is 9.86. The van der Waals surface area contributed by atoms with Crippen LogP contribution in [0.2, 0.25) is 10.0 Å². The zero-order chi connectivity index (χ0) is 18.8. The highest BCUT2D eigenvalue weighted by molar-refractivity contribution is 7.15. The van der Waals surface area contributed by atoms with Crippen molar-refractivity contribution >= 4 is 51.4 Å². The molecule has 8 heteroatoms. The number of carbonyl (C=O) groups is 1. The van der Waals surface area contributed by atoms with Crippen LogP contribution in [-0.4, -0.2) is 20.5 Å². The standard InChI is InChI=1S/C19H14Cl2N4OS/c20-14-6-1-12(2-7-14)3-10-17(26)22-18-23-19-25(24-18)16(11-27-19)13-4-8-15(21)9-5-13/h1-2,4-9,11H,3,10H2,(H,22,24,26). The van der Waals surface area contributed by atoms with Crippen molar-refractivity contribution in [2.75, 3.05) is 5.32 Å².